The van der Waals surface area contributed by atoms with Gasteiger partial charge in [0.05, 0.1) is 11.6 Å². The van der Waals surface area contributed by atoms with E-state index in [4.69, 9.17) is 15.9 Å². The van der Waals surface area contributed by atoms with Crippen LogP contribution in [0.4, 0.5) is 13.2 Å². The molecule has 17 heavy (non-hydrogen) atoms. The molecule has 0 aliphatic rings. The first-order valence-electron chi connectivity index (χ1n) is 4.57. The van der Waals surface area contributed by atoms with Gasteiger partial charge in [0.15, 0.2) is 6.10 Å². The molecule has 0 saturated carbocycles. The molecule has 2 atom stereocenters. The highest BCUT2D eigenvalue weighted by molar-refractivity contribution is 5.73. The van der Waals surface area contributed by atoms with Crippen LogP contribution in [0.25, 0.3) is 0 Å². The number of hydrogen-bond acceptors (Lipinski definition) is 3. The molecule has 0 bridgehead atoms. The summed E-state index contributed by atoms with van der Waals surface area (Å²) >= 11 is 0. The molecule has 0 unspecified atom stereocenters. The number of nitrogens with two attached hydrogens (primary N) is 1. The Labute approximate surface area is 94.5 Å². The molecule has 0 spiro atoms. The van der Waals surface area contributed by atoms with Crippen LogP contribution in [0.3, 0.4) is 0 Å². The number of carboxylic acid groups (broad SMARTS) is 1. The number of aliphatic carboxylic acids is 1. The van der Waals surface area contributed by atoms with Gasteiger partial charge in [0, 0.05) is 0 Å². The minimum Gasteiger partial charge on any atom is -0.479 e. The van der Waals surface area contributed by atoms with Crippen LogP contribution in [0.15, 0.2) is 24.3 Å². The van der Waals surface area contributed by atoms with E-state index in [0.29, 0.717) is 0 Å². The van der Waals surface area contributed by atoms with E-state index in [2.05, 4.69) is 0 Å². The lowest BCUT2D eigenvalue weighted by atomic mass is 10.00. The maximum absolute atomic E-state index is 12.4. The number of halogens is 3. The molecule has 94 valence electrons. The third kappa shape index (κ3) is 3.18. The normalized spacial score (nSPS) is 15.4. The fourth-order valence-electron chi connectivity index (χ4n) is 1.26. The van der Waals surface area contributed by atoms with E-state index in [0.717, 1.165) is 18.2 Å². The summed E-state index contributed by atoms with van der Waals surface area (Å²) in [6, 6.07) is 2.48. The Morgan fingerprint density at radius 3 is 2.41 bits per heavy atom. The second-order valence-corrected chi connectivity index (χ2v) is 3.43. The van der Waals surface area contributed by atoms with Gasteiger partial charge >= 0.3 is 12.1 Å². The van der Waals surface area contributed by atoms with Crippen molar-refractivity contribution in [1.29, 1.82) is 0 Å². The van der Waals surface area contributed by atoms with Crippen LogP contribution in [-0.4, -0.2) is 22.3 Å². The van der Waals surface area contributed by atoms with Gasteiger partial charge in [0.2, 0.25) is 0 Å². The fourth-order valence-corrected chi connectivity index (χ4v) is 1.26. The molecule has 4 nitrogen and oxygen atoms in total. The van der Waals surface area contributed by atoms with Crippen LogP contribution in [-0.2, 0) is 11.0 Å². The standard InChI is InChI=1S/C10H10F3NO3/c11-10(12,13)6-3-1-2-5(4-6)7(14)8(15)9(16)17/h1-4,7-8,15H,14H2,(H,16,17)/t7-,8-/m0/s1. The largest absolute Gasteiger partial charge is 0.479 e. The summed E-state index contributed by atoms with van der Waals surface area (Å²) in [6.45, 7) is 0. The fraction of sp³-hybridized carbons (Fsp3) is 0.300. The van der Waals surface area contributed by atoms with Crippen molar-refractivity contribution in [2.45, 2.75) is 18.3 Å². The van der Waals surface area contributed by atoms with Crippen molar-refractivity contribution in [3.63, 3.8) is 0 Å². The van der Waals surface area contributed by atoms with E-state index < -0.39 is 29.9 Å². The van der Waals surface area contributed by atoms with Gasteiger partial charge < -0.3 is 15.9 Å². The number of aliphatic hydroxyl groups is 1. The molecule has 1 rings (SSSR count). The molecule has 0 aromatic heterocycles. The van der Waals surface area contributed by atoms with E-state index in [1.54, 1.807) is 0 Å². The van der Waals surface area contributed by atoms with Gasteiger partial charge in [0.25, 0.3) is 0 Å². The van der Waals surface area contributed by atoms with E-state index in [1.807, 2.05) is 0 Å². The zero-order chi connectivity index (χ0) is 13.2. The third-order valence-corrected chi connectivity index (χ3v) is 2.19. The first kappa shape index (κ1) is 13.5. The number of carbonyl (C=O) groups is 1. The number of rotatable bonds is 3. The predicted octanol–water partition coefficient (Wildman–Crippen LogP) is 1.15. The minimum absolute atomic E-state index is 0.0882. The van der Waals surface area contributed by atoms with Crippen molar-refractivity contribution in [3.8, 4) is 0 Å². The second-order valence-electron chi connectivity index (χ2n) is 3.43. The lowest BCUT2D eigenvalue weighted by molar-refractivity contribution is -0.147. The maximum Gasteiger partial charge on any atom is 0.416 e. The second kappa shape index (κ2) is 4.72. The van der Waals surface area contributed by atoms with E-state index >= 15 is 0 Å². The monoisotopic (exact) mass is 249 g/mol. The highest BCUT2D eigenvalue weighted by atomic mass is 19.4. The van der Waals surface area contributed by atoms with E-state index in [1.165, 1.54) is 6.07 Å². The van der Waals surface area contributed by atoms with Gasteiger partial charge in [-0.05, 0) is 17.7 Å². The first-order valence-corrected chi connectivity index (χ1v) is 4.57. The van der Waals surface area contributed by atoms with Crippen LogP contribution in [0.5, 0.6) is 0 Å². The average molecular weight is 249 g/mol. The molecule has 1 aromatic rings. The summed E-state index contributed by atoms with van der Waals surface area (Å²) in [6.07, 6.45) is -6.48. The van der Waals surface area contributed by atoms with Crippen molar-refractivity contribution >= 4 is 5.97 Å². The molecule has 0 heterocycles. The Kier molecular flexibility index (Phi) is 3.74. The smallest absolute Gasteiger partial charge is 0.416 e. The summed E-state index contributed by atoms with van der Waals surface area (Å²) < 4.78 is 37.1. The number of benzene rings is 1. The summed E-state index contributed by atoms with van der Waals surface area (Å²) in [5.41, 5.74) is 4.32. The van der Waals surface area contributed by atoms with Crippen LogP contribution in [0.2, 0.25) is 0 Å². The molecule has 7 heteroatoms. The topological polar surface area (TPSA) is 83.5 Å². The van der Waals surface area contributed by atoms with Gasteiger partial charge in [-0.15, -0.1) is 0 Å². The Hall–Kier alpha value is -1.60. The van der Waals surface area contributed by atoms with Crippen LogP contribution >= 0.6 is 0 Å². The number of alkyl halides is 3. The van der Waals surface area contributed by atoms with Crippen LogP contribution in [0.1, 0.15) is 17.2 Å². The molecule has 4 N–H and O–H groups in total. The molecule has 0 amide bonds. The Morgan fingerprint density at radius 1 is 1.35 bits per heavy atom. The lowest BCUT2D eigenvalue weighted by Gasteiger charge is -2.16. The zero-order valence-corrected chi connectivity index (χ0v) is 8.48. The molecule has 0 fully saturated rings. The summed E-state index contributed by atoms with van der Waals surface area (Å²) in [7, 11) is 0. The van der Waals surface area contributed by atoms with Crippen molar-refractivity contribution in [1.82, 2.24) is 0 Å². The van der Waals surface area contributed by atoms with Crippen LogP contribution < -0.4 is 5.73 Å². The third-order valence-electron chi connectivity index (χ3n) is 2.19. The molecular formula is C10H10F3NO3. The van der Waals surface area contributed by atoms with Crippen LogP contribution in [0, 0.1) is 0 Å². The van der Waals surface area contributed by atoms with Gasteiger partial charge in [-0.3, -0.25) is 0 Å². The van der Waals surface area contributed by atoms with Crippen molar-refractivity contribution in [3.05, 3.63) is 35.4 Å². The number of carboxylic acids is 1. The van der Waals surface area contributed by atoms with Crippen molar-refractivity contribution in [2.24, 2.45) is 5.73 Å². The molecular weight excluding hydrogens is 239 g/mol. The number of hydrogen-bond donors (Lipinski definition) is 3. The van der Waals surface area contributed by atoms with Gasteiger partial charge in [0.1, 0.15) is 0 Å². The van der Waals surface area contributed by atoms with Gasteiger partial charge in [-0.2, -0.15) is 13.2 Å². The Balaban J connectivity index is 3.04. The number of aliphatic hydroxyl groups excluding tert-OH is 1. The SMILES string of the molecule is N[C@@H](c1cccc(C(F)(F)F)c1)[C@H](O)C(=O)O. The minimum atomic E-state index is -4.54. The van der Waals surface area contributed by atoms with Gasteiger partial charge in [-0.1, -0.05) is 12.1 Å². The van der Waals surface area contributed by atoms with Crippen molar-refractivity contribution in [2.75, 3.05) is 0 Å². The highest BCUT2D eigenvalue weighted by Crippen LogP contribution is 2.30. The summed E-state index contributed by atoms with van der Waals surface area (Å²) in [4.78, 5) is 10.4. The summed E-state index contributed by atoms with van der Waals surface area (Å²) in [5.74, 6) is -1.59. The average Bonchev–Trinajstić information content (AvgIpc) is 2.26. The lowest BCUT2D eigenvalue weighted by Crippen LogP contribution is -2.33. The molecule has 0 saturated heterocycles. The van der Waals surface area contributed by atoms with E-state index in [-0.39, 0.29) is 5.56 Å². The maximum atomic E-state index is 12.4. The van der Waals surface area contributed by atoms with Crippen molar-refractivity contribution < 1.29 is 28.2 Å². The van der Waals surface area contributed by atoms with Gasteiger partial charge in [-0.25, -0.2) is 4.79 Å². The molecule has 1 aromatic carbocycles. The Morgan fingerprint density at radius 2 is 1.94 bits per heavy atom. The zero-order valence-electron chi connectivity index (χ0n) is 8.48. The molecule has 0 radical (unpaired) electrons. The first-order chi connectivity index (χ1) is 7.73. The van der Waals surface area contributed by atoms with E-state index in [9.17, 15) is 18.0 Å². The summed E-state index contributed by atoms with van der Waals surface area (Å²) in [5, 5.41) is 17.6. The quantitative estimate of drug-likeness (QED) is 0.750. The Bertz CT molecular complexity index is 420. The molecule has 0 aliphatic carbocycles. The molecule has 0 aliphatic heterocycles. The predicted molar refractivity (Wildman–Crippen MR) is 52.0 cm³/mol. The highest BCUT2D eigenvalue weighted by Gasteiger charge is 2.32.